The van der Waals surface area contributed by atoms with Gasteiger partial charge in [-0.1, -0.05) is 11.6 Å². The zero-order valence-corrected chi connectivity index (χ0v) is 9.33. The van der Waals surface area contributed by atoms with Gasteiger partial charge >= 0.3 is 0 Å². The molecule has 1 N–H and O–H groups in total. The first kappa shape index (κ1) is 10.7. The van der Waals surface area contributed by atoms with Crippen molar-refractivity contribution in [3.8, 4) is 5.75 Å². The Morgan fingerprint density at radius 1 is 1.53 bits per heavy atom. The molecule has 4 heteroatoms. The van der Waals surface area contributed by atoms with Gasteiger partial charge in [-0.05, 0) is 37.9 Å². The van der Waals surface area contributed by atoms with E-state index < -0.39 is 0 Å². The Kier molecular flexibility index (Phi) is 3.80. The molecule has 0 aliphatic carbocycles. The molecule has 1 aliphatic rings. The average molecular weight is 227 g/mol. The van der Waals surface area contributed by atoms with E-state index in [1.807, 2.05) is 6.07 Å². The summed E-state index contributed by atoms with van der Waals surface area (Å²) in [6, 6.07) is 4.22. The first-order valence-corrected chi connectivity index (χ1v) is 5.70. The molecule has 1 aromatic rings. The van der Waals surface area contributed by atoms with Crippen LogP contribution in [0.25, 0.3) is 0 Å². The van der Waals surface area contributed by atoms with Crippen LogP contribution in [0.1, 0.15) is 19.3 Å². The van der Waals surface area contributed by atoms with Crippen molar-refractivity contribution in [3.63, 3.8) is 0 Å². The van der Waals surface area contributed by atoms with Crippen LogP contribution in [-0.4, -0.2) is 24.2 Å². The lowest BCUT2D eigenvalue weighted by Crippen LogP contribution is -2.23. The van der Waals surface area contributed by atoms with E-state index in [1.54, 1.807) is 12.3 Å². The summed E-state index contributed by atoms with van der Waals surface area (Å²) in [5.74, 6) is 0.789. The van der Waals surface area contributed by atoms with Crippen LogP contribution in [0.3, 0.4) is 0 Å². The number of ether oxygens (including phenoxy) is 1. The standard InChI is InChI=1S/C11H15ClN2O/c12-11-4-3-10(8-14-11)15-7-5-9-2-1-6-13-9/h3-4,8-9,13H,1-2,5-7H2/t9-/m0/s1. The van der Waals surface area contributed by atoms with E-state index in [4.69, 9.17) is 16.3 Å². The van der Waals surface area contributed by atoms with Crippen LogP contribution in [0.4, 0.5) is 0 Å². The predicted molar refractivity (Wildman–Crippen MR) is 60.4 cm³/mol. The van der Waals surface area contributed by atoms with Crippen molar-refractivity contribution in [1.29, 1.82) is 0 Å². The van der Waals surface area contributed by atoms with Gasteiger partial charge in [0.25, 0.3) is 0 Å². The quantitative estimate of drug-likeness (QED) is 0.800. The summed E-state index contributed by atoms with van der Waals surface area (Å²) < 4.78 is 5.56. The van der Waals surface area contributed by atoms with Gasteiger partial charge in [-0.3, -0.25) is 0 Å². The summed E-state index contributed by atoms with van der Waals surface area (Å²) in [5, 5.41) is 3.94. The highest BCUT2D eigenvalue weighted by Crippen LogP contribution is 2.14. The van der Waals surface area contributed by atoms with Crippen LogP contribution in [0.2, 0.25) is 5.15 Å². The lowest BCUT2D eigenvalue weighted by atomic mass is 10.2. The Labute approximate surface area is 94.8 Å². The lowest BCUT2D eigenvalue weighted by molar-refractivity contribution is 0.291. The van der Waals surface area contributed by atoms with E-state index in [-0.39, 0.29) is 0 Å². The van der Waals surface area contributed by atoms with Crippen molar-refractivity contribution < 1.29 is 4.74 Å². The van der Waals surface area contributed by atoms with Crippen molar-refractivity contribution in [1.82, 2.24) is 10.3 Å². The van der Waals surface area contributed by atoms with Gasteiger partial charge in [0, 0.05) is 6.04 Å². The maximum absolute atomic E-state index is 5.67. The minimum atomic E-state index is 0.500. The normalized spacial score (nSPS) is 20.5. The Morgan fingerprint density at radius 2 is 2.47 bits per heavy atom. The first-order chi connectivity index (χ1) is 7.34. The fourth-order valence-electron chi connectivity index (χ4n) is 1.77. The molecule has 1 saturated heterocycles. The number of pyridine rings is 1. The molecule has 82 valence electrons. The molecule has 2 rings (SSSR count). The van der Waals surface area contributed by atoms with Crippen LogP contribution in [0, 0.1) is 0 Å². The number of hydrogen-bond donors (Lipinski definition) is 1. The molecule has 0 spiro atoms. The highest BCUT2D eigenvalue weighted by atomic mass is 35.5. The van der Waals surface area contributed by atoms with E-state index in [0.29, 0.717) is 11.2 Å². The lowest BCUT2D eigenvalue weighted by Gasteiger charge is -2.10. The molecule has 1 aliphatic heterocycles. The molecule has 1 atom stereocenters. The van der Waals surface area contributed by atoms with Crippen LogP contribution in [0.5, 0.6) is 5.75 Å². The SMILES string of the molecule is Clc1ccc(OCC[C@@H]2CCCN2)cn1. The van der Waals surface area contributed by atoms with Gasteiger partial charge in [-0.15, -0.1) is 0 Å². The second-order valence-electron chi connectivity index (χ2n) is 3.75. The van der Waals surface area contributed by atoms with Crippen molar-refractivity contribution in [2.75, 3.05) is 13.2 Å². The smallest absolute Gasteiger partial charge is 0.137 e. The van der Waals surface area contributed by atoms with E-state index in [2.05, 4.69) is 10.3 Å². The van der Waals surface area contributed by atoms with E-state index in [0.717, 1.165) is 25.3 Å². The summed E-state index contributed by atoms with van der Waals surface area (Å²) in [6.45, 7) is 1.88. The zero-order valence-electron chi connectivity index (χ0n) is 8.58. The highest BCUT2D eigenvalue weighted by Gasteiger charge is 2.13. The zero-order chi connectivity index (χ0) is 10.5. The molecule has 2 heterocycles. The average Bonchev–Trinajstić information content (AvgIpc) is 2.74. The number of nitrogens with zero attached hydrogens (tertiary/aromatic N) is 1. The maximum Gasteiger partial charge on any atom is 0.137 e. The van der Waals surface area contributed by atoms with Gasteiger partial charge in [0.05, 0.1) is 12.8 Å². The molecular formula is C11H15ClN2O. The Morgan fingerprint density at radius 3 is 3.13 bits per heavy atom. The van der Waals surface area contributed by atoms with Gasteiger partial charge in [0.15, 0.2) is 0 Å². The van der Waals surface area contributed by atoms with Gasteiger partial charge < -0.3 is 10.1 Å². The molecule has 0 bridgehead atoms. The summed E-state index contributed by atoms with van der Waals surface area (Å²) >= 11 is 5.67. The second kappa shape index (κ2) is 5.33. The molecule has 3 nitrogen and oxygen atoms in total. The van der Waals surface area contributed by atoms with E-state index in [1.165, 1.54) is 12.8 Å². The summed E-state index contributed by atoms with van der Waals surface area (Å²) in [4.78, 5) is 3.95. The van der Waals surface area contributed by atoms with Crippen molar-refractivity contribution in [2.24, 2.45) is 0 Å². The number of hydrogen-bond acceptors (Lipinski definition) is 3. The van der Waals surface area contributed by atoms with Crippen LogP contribution in [0.15, 0.2) is 18.3 Å². The monoisotopic (exact) mass is 226 g/mol. The fraction of sp³-hybridized carbons (Fsp3) is 0.545. The first-order valence-electron chi connectivity index (χ1n) is 5.32. The molecule has 1 fully saturated rings. The Bertz CT molecular complexity index is 296. The fourth-order valence-corrected chi connectivity index (χ4v) is 1.88. The third kappa shape index (κ3) is 3.36. The Balaban J connectivity index is 1.71. The number of aromatic nitrogens is 1. The van der Waals surface area contributed by atoms with Crippen LogP contribution in [-0.2, 0) is 0 Å². The predicted octanol–water partition coefficient (Wildman–Crippen LogP) is 2.26. The van der Waals surface area contributed by atoms with E-state index >= 15 is 0 Å². The summed E-state index contributed by atoms with van der Waals surface area (Å²) in [7, 11) is 0. The van der Waals surface area contributed by atoms with Gasteiger partial charge in [-0.2, -0.15) is 0 Å². The largest absolute Gasteiger partial charge is 0.492 e. The van der Waals surface area contributed by atoms with Crippen LogP contribution >= 0.6 is 11.6 Å². The molecule has 0 saturated carbocycles. The molecular weight excluding hydrogens is 212 g/mol. The van der Waals surface area contributed by atoms with Crippen molar-refractivity contribution in [2.45, 2.75) is 25.3 Å². The molecule has 15 heavy (non-hydrogen) atoms. The van der Waals surface area contributed by atoms with Gasteiger partial charge in [0.2, 0.25) is 0 Å². The van der Waals surface area contributed by atoms with Gasteiger partial charge in [0.1, 0.15) is 10.9 Å². The van der Waals surface area contributed by atoms with Crippen molar-refractivity contribution >= 4 is 11.6 Å². The number of halogens is 1. The highest BCUT2D eigenvalue weighted by molar-refractivity contribution is 6.29. The van der Waals surface area contributed by atoms with E-state index in [9.17, 15) is 0 Å². The van der Waals surface area contributed by atoms with Crippen molar-refractivity contribution in [3.05, 3.63) is 23.5 Å². The van der Waals surface area contributed by atoms with Gasteiger partial charge in [-0.25, -0.2) is 4.98 Å². The number of rotatable bonds is 4. The summed E-state index contributed by atoms with van der Waals surface area (Å²) in [5.41, 5.74) is 0. The Hall–Kier alpha value is -0.800. The third-order valence-electron chi connectivity index (χ3n) is 2.60. The molecule has 0 unspecified atom stereocenters. The number of nitrogens with one attached hydrogen (secondary N) is 1. The third-order valence-corrected chi connectivity index (χ3v) is 2.82. The molecule has 0 radical (unpaired) electrons. The minimum Gasteiger partial charge on any atom is -0.492 e. The molecule has 0 aromatic carbocycles. The van der Waals surface area contributed by atoms with Crippen LogP contribution < -0.4 is 10.1 Å². The molecule has 1 aromatic heterocycles. The topological polar surface area (TPSA) is 34.1 Å². The molecule has 0 amide bonds. The maximum atomic E-state index is 5.67. The summed E-state index contributed by atoms with van der Waals surface area (Å²) in [6.07, 6.45) is 5.27. The second-order valence-corrected chi connectivity index (χ2v) is 4.13. The minimum absolute atomic E-state index is 0.500.